The summed E-state index contributed by atoms with van der Waals surface area (Å²) < 4.78 is 0. The van der Waals surface area contributed by atoms with Crippen LogP contribution < -0.4 is 5.56 Å². The first-order valence-corrected chi connectivity index (χ1v) is 5.12. The lowest BCUT2D eigenvalue weighted by atomic mass is 10.0. The summed E-state index contributed by atoms with van der Waals surface area (Å²) in [5, 5.41) is 9.08. The van der Waals surface area contributed by atoms with Crippen LogP contribution in [0.3, 0.4) is 0 Å². The number of aryl methyl sites for hydroxylation is 1. The number of aromatic nitrogens is 1. The molecule has 0 fully saturated rings. The quantitative estimate of drug-likeness (QED) is 0.827. The normalized spacial score (nSPS) is 10.2. The molecule has 2 N–H and O–H groups in total. The highest BCUT2D eigenvalue weighted by Crippen LogP contribution is 2.21. The largest absolute Gasteiger partial charge is 0.477 e. The van der Waals surface area contributed by atoms with Crippen molar-refractivity contribution in [1.29, 1.82) is 0 Å². The number of aromatic carboxylic acids is 1. The Morgan fingerprint density at radius 2 is 1.88 bits per heavy atom. The zero-order valence-electron chi connectivity index (χ0n) is 9.23. The number of H-pyrrole nitrogens is 1. The number of carboxylic acid groups (broad SMARTS) is 1. The second kappa shape index (κ2) is 4.25. The molecule has 0 aliphatic carbocycles. The zero-order chi connectivity index (χ0) is 12.4. The molecule has 0 aliphatic heterocycles. The SMILES string of the molecule is Cc1cc(-c2ccccc2)c(C(=O)O)c(=O)[nH]1. The lowest BCUT2D eigenvalue weighted by Gasteiger charge is -2.06. The van der Waals surface area contributed by atoms with Crippen molar-refractivity contribution in [2.45, 2.75) is 6.92 Å². The topological polar surface area (TPSA) is 70.2 Å². The second-order valence-corrected chi connectivity index (χ2v) is 3.74. The highest BCUT2D eigenvalue weighted by atomic mass is 16.4. The van der Waals surface area contributed by atoms with Crippen LogP contribution in [0.15, 0.2) is 41.2 Å². The van der Waals surface area contributed by atoms with Gasteiger partial charge in [0.25, 0.3) is 5.56 Å². The van der Waals surface area contributed by atoms with E-state index in [1.807, 2.05) is 6.07 Å². The molecule has 0 atom stereocenters. The van der Waals surface area contributed by atoms with Gasteiger partial charge in [0.1, 0.15) is 5.56 Å². The molecule has 0 amide bonds. The Kier molecular flexibility index (Phi) is 2.78. The Morgan fingerprint density at radius 3 is 2.47 bits per heavy atom. The fourth-order valence-electron chi connectivity index (χ4n) is 1.75. The lowest BCUT2D eigenvalue weighted by molar-refractivity contribution is 0.0696. The van der Waals surface area contributed by atoms with E-state index >= 15 is 0 Å². The van der Waals surface area contributed by atoms with Gasteiger partial charge in [0, 0.05) is 11.3 Å². The van der Waals surface area contributed by atoms with E-state index in [4.69, 9.17) is 5.11 Å². The summed E-state index contributed by atoms with van der Waals surface area (Å²) >= 11 is 0. The maximum absolute atomic E-state index is 11.6. The third kappa shape index (κ3) is 2.10. The molecule has 17 heavy (non-hydrogen) atoms. The maximum Gasteiger partial charge on any atom is 0.341 e. The average molecular weight is 229 g/mol. The summed E-state index contributed by atoms with van der Waals surface area (Å²) in [6.45, 7) is 1.72. The van der Waals surface area contributed by atoms with Gasteiger partial charge in [-0.25, -0.2) is 4.79 Å². The van der Waals surface area contributed by atoms with Crippen LogP contribution in [0.25, 0.3) is 11.1 Å². The lowest BCUT2D eigenvalue weighted by Crippen LogP contribution is -2.19. The summed E-state index contributed by atoms with van der Waals surface area (Å²) in [6.07, 6.45) is 0. The van der Waals surface area contributed by atoms with Crippen molar-refractivity contribution >= 4 is 5.97 Å². The number of benzene rings is 1. The zero-order valence-corrected chi connectivity index (χ0v) is 9.23. The number of hydrogen-bond donors (Lipinski definition) is 2. The number of pyridine rings is 1. The minimum absolute atomic E-state index is 0.221. The van der Waals surface area contributed by atoms with Gasteiger partial charge in [-0.15, -0.1) is 0 Å². The number of carboxylic acids is 1. The monoisotopic (exact) mass is 229 g/mol. The third-order valence-corrected chi connectivity index (χ3v) is 2.47. The van der Waals surface area contributed by atoms with Gasteiger partial charge in [0.2, 0.25) is 0 Å². The van der Waals surface area contributed by atoms with E-state index < -0.39 is 11.5 Å². The van der Waals surface area contributed by atoms with Crippen LogP contribution in [0.4, 0.5) is 0 Å². The summed E-state index contributed by atoms with van der Waals surface area (Å²) in [4.78, 5) is 25.2. The van der Waals surface area contributed by atoms with Crippen LogP contribution in [0.2, 0.25) is 0 Å². The van der Waals surface area contributed by atoms with Gasteiger partial charge in [0.05, 0.1) is 0 Å². The molecule has 2 rings (SSSR count). The fraction of sp³-hybridized carbons (Fsp3) is 0.0769. The number of aromatic amines is 1. The van der Waals surface area contributed by atoms with E-state index in [0.717, 1.165) is 5.56 Å². The molecular weight excluding hydrogens is 218 g/mol. The van der Waals surface area contributed by atoms with Gasteiger partial charge >= 0.3 is 5.97 Å². The van der Waals surface area contributed by atoms with E-state index in [2.05, 4.69) is 4.98 Å². The van der Waals surface area contributed by atoms with Crippen LogP contribution in [-0.4, -0.2) is 16.1 Å². The summed E-state index contributed by atoms with van der Waals surface area (Å²) in [5.74, 6) is -1.22. The first-order chi connectivity index (χ1) is 8.09. The highest BCUT2D eigenvalue weighted by Gasteiger charge is 2.16. The van der Waals surface area contributed by atoms with Crippen molar-refractivity contribution < 1.29 is 9.90 Å². The standard InChI is InChI=1S/C13H11NO3/c1-8-7-10(9-5-3-2-4-6-9)11(13(16)17)12(15)14-8/h2-7H,1H3,(H,14,15)(H,16,17). The number of carbonyl (C=O) groups is 1. The number of rotatable bonds is 2. The van der Waals surface area contributed by atoms with E-state index in [-0.39, 0.29) is 5.56 Å². The molecule has 4 heteroatoms. The van der Waals surface area contributed by atoms with Gasteiger partial charge in [0.15, 0.2) is 0 Å². The number of hydrogen-bond acceptors (Lipinski definition) is 2. The minimum atomic E-state index is -1.22. The molecule has 0 unspecified atom stereocenters. The Labute approximate surface area is 97.6 Å². The van der Waals surface area contributed by atoms with Crippen molar-refractivity contribution in [1.82, 2.24) is 4.98 Å². The minimum Gasteiger partial charge on any atom is -0.477 e. The molecule has 1 aromatic carbocycles. The predicted octanol–water partition coefficient (Wildman–Crippen LogP) is 2.05. The molecule has 0 spiro atoms. The van der Waals surface area contributed by atoms with E-state index in [9.17, 15) is 9.59 Å². The van der Waals surface area contributed by atoms with E-state index in [0.29, 0.717) is 11.3 Å². The van der Waals surface area contributed by atoms with Crippen LogP contribution in [-0.2, 0) is 0 Å². The van der Waals surface area contributed by atoms with Gasteiger partial charge in [-0.05, 0) is 18.6 Å². The molecule has 0 aliphatic rings. The molecule has 1 aromatic heterocycles. The van der Waals surface area contributed by atoms with Crippen molar-refractivity contribution in [2.75, 3.05) is 0 Å². The van der Waals surface area contributed by atoms with Crippen molar-refractivity contribution in [3.8, 4) is 11.1 Å². The third-order valence-electron chi connectivity index (χ3n) is 2.47. The molecule has 0 bridgehead atoms. The van der Waals surface area contributed by atoms with Gasteiger partial charge in [-0.2, -0.15) is 0 Å². The second-order valence-electron chi connectivity index (χ2n) is 3.74. The van der Waals surface area contributed by atoms with Crippen LogP contribution in [0, 0.1) is 6.92 Å². The molecule has 0 radical (unpaired) electrons. The molecule has 86 valence electrons. The van der Waals surface area contributed by atoms with Gasteiger partial charge in [-0.3, -0.25) is 4.79 Å². The van der Waals surface area contributed by atoms with Crippen molar-refractivity contribution in [2.24, 2.45) is 0 Å². The smallest absolute Gasteiger partial charge is 0.341 e. The van der Waals surface area contributed by atoms with Gasteiger partial charge in [-0.1, -0.05) is 30.3 Å². The van der Waals surface area contributed by atoms with E-state index in [1.54, 1.807) is 37.3 Å². The molecule has 4 nitrogen and oxygen atoms in total. The Hall–Kier alpha value is -2.36. The predicted molar refractivity (Wildman–Crippen MR) is 64.2 cm³/mol. The molecule has 0 saturated heterocycles. The molecule has 2 aromatic rings. The first-order valence-electron chi connectivity index (χ1n) is 5.12. The van der Waals surface area contributed by atoms with E-state index in [1.165, 1.54) is 0 Å². The number of nitrogens with one attached hydrogen (secondary N) is 1. The average Bonchev–Trinajstić information content (AvgIpc) is 2.28. The maximum atomic E-state index is 11.6. The first kappa shape index (κ1) is 11.1. The molecule has 0 saturated carbocycles. The fourth-order valence-corrected chi connectivity index (χ4v) is 1.75. The summed E-state index contributed by atoms with van der Waals surface area (Å²) in [5.41, 5.74) is 1.01. The highest BCUT2D eigenvalue weighted by molar-refractivity contribution is 5.95. The van der Waals surface area contributed by atoms with Crippen LogP contribution >= 0.6 is 0 Å². The van der Waals surface area contributed by atoms with Crippen molar-refractivity contribution in [3.63, 3.8) is 0 Å². The summed E-state index contributed by atoms with van der Waals surface area (Å²) in [7, 11) is 0. The van der Waals surface area contributed by atoms with Crippen molar-refractivity contribution in [3.05, 3.63) is 58.0 Å². The van der Waals surface area contributed by atoms with Crippen LogP contribution in [0.5, 0.6) is 0 Å². The molecule has 1 heterocycles. The Bertz CT molecular complexity index is 614. The van der Waals surface area contributed by atoms with Gasteiger partial charge < -0.3 is 10.1 Å². The Balaban J connectivity index is 2.77. The molecular formula is C13H11NO3. The Morgan fingerprint density at radius 1 is 1.24 bits per heavy atom. The van der Waals surface area contributed by atoms with Crippen LogP contribution in [0.1, 0.15) is 16.1 Å². The summed E-state index contributed by atoms with van der Waals surface area (Å²) in [6, 6.07) is 10.7.